The number of sulfonamides is 1. The van der Waals surface area contributed by atoms with Crippen molar-refractivity contribution in [3.63, 3.8) is 0 Å². The monoisotopic (exact) mass is 285 g/mol. The average molecular weight is 285 g/mol. The summed E-state index contributed by atoms with van der Waals surface area (Å²) in [7, 11) is -1.91. The van der Waals surface area contributed by atoms with Crippen molar-refractivity contribution in [1.82, 2.24) is 4.31 Å². The molecule has 0 heterocycles. The third-order valence-corrected chi connectivity index (χ3v) is 5.79. The maximum Gasteiger partial charge on any atom is 0.243 e. The predicted octanol–water partition coefficient (Wildman–Crippen LogP) is 2.21. The Balaban J connectivity index is 3.36. The zero-order valence-electron chi connectivity index (χ0n) is 12.3. The van der Waals surface area contributed by atoms with Gasteiger partial charge < -0.3 is 5.11 Å². The van der Waals surface area contributed by atoms with E-state index in [9.17, 15) is 13.5 Å². The standard InChI is InChI=1S/C14H23NO3S/c1-6-12(4)15(5)19(17,18)14-8-13(9-16)10(2)7-11(14)3/h7-8,12,16H,6,9H2,1-5H3. The van der Waals surface area contributed by atoms with Crippen LogP contribution in [0.15, 0.2) is 17.0 Å². The molecule has 0 radical (unpaired) electrons. The Morgan fingerprint density at radius 1 is 1.26 bits per heavy atom. The normalized spacial score (nSPS) is 13.8. The summed E-state index contributed by atoms with van der Waals surface area (Å²) in [4.78, 5) is 0.282. The van der Waals surface area contributed by atoms with Crippen molar-refractivity contribution in [2.45, 2.75) is 51.7 Å². The van der Waals surface area contributed by atoms with Crippen LogP contribution in [0.1, 0.15) is 37.0 Å². The molecule has 0 aliphatic heterocycles. The van der Waals surface area contributed by atoms with Crippen molar-refractivity contribution in [2.75, 3.05) is 7.05 Å². The lowest BCUT2D eigenvalue weighted by Crippen LogP contribution is -2.35. The number of aryl methyl sites for hydroxylation is 2. The molecule has 0 aliphatic rings. The SMILES string of the molecule is CCC(C)N(C)S(=O)(=O)c1cc(CO)c(C)cc1C. The molecule has 4 nitrogen and oxygen atoms in total. The zero-order valence-corrected chi connectivity index (χ0v) is 13.1. The first-order chi connectivity index (χ1) is 8.75. The van der Waals surface area contributed by atoms with Crippen molar-refractivity contribution in [2.24, 2.45) is 0 Å². The van der Waals surface area contributed by atoms with Crippen LogP contribution in [0.2, 0.25) is 0 Å². The highest BCUT2D eigenvalue weighted by atomic mass is 32.2. The molecule has 0 aliphatic carbocycles. The Bertz CT molecular complexity index is 552. The number of hydrogen-bond acceptors (Lipinski definition) is 3. The van der Waals surface area contributed by atoms with Gasteiger partial charge in [-0.1, -0.05) is 13.0 Å². The van der Waals surface area contributed by atoms with Crippen LogP contribution in [0.25, 0.3) is 0 Å². The molecule has 1 rings (SSSR count). The van der Waals surface area contributed by atoms with Crippen LogP contribution in [0, 0.1) is 13.8 Å². The molecule has 1 N–H and O–H groups in total. The van der Waals surface area contributed by atoms with Gasteiger partial charge in [0.1, 0.15) is 0 Å². The van der Waals surface area contributed by atoms with Gasteiger partial charge in [0.25, 0.3) is 0 Å². The molecule has 0 saturated carbocycles. The first kappa shape index (κ1) is 16.1. The van der Waals surface area contributed by atoms with Gasteiger partial charge in [0.2, 0.25) is 10.0 Å². The molecule has 19 heavy (non-hydrogen) atoms. The summed E-state index contributed by atoms with van der Waals surface area (Å²) in [5.74, 6) is 0. The maximum atomic E-state index is 12.6. The predicted molar refractivity (Wildman–Crippen MR) is 76.5 cm³/mol. The van der Waals surface area contributed by atoms with Crippen LogP contribution in [0.3, 0.4) is 0 Å². The molecule has 1 unspecified atom stereocenters. The molecule has 1 aromatic rings. The van der Waals surface area contributed by atoms with Gasteiger partial charge in [-0.05, 0) is 49.9 Å². The van der Waals surface area contributed by atoms with Crippen LogP contribution < -0.4 is 0 Å². The number of rotatable bonds is 5. The van der Waals surface area contributed by atoms with E-state index < -0.39 is 10.0 Å². The molecular weight excluding hydrogens is 262 g/mol. The smallest absolute Gasteiger partial charge is 0.243 e. The van der Waals surface area contributed by atoms with Crippen LogP contribution in [-0.2, 0) is 16.6 Å². The first-order valence-corrected chi connectivity index (χ1v) is 7.88. The van der Waals surface area contributed by atoms with Gasteiger partial charge in [-0.15, -0.1) is 0 Å². The van der Waals surface area contributed by atoms with Crippen molar-refractivity contribution in [3.8, 4) is 0 Å². The number of nitrogens with zero attached hydrogens (tertiary/aromatic N) is 1. The number of aliphatic hydroxyl groups excluding tert-OH is 1. The minimum atomic E-state index is -3.51. The Kier molecular flexibility index (Phi) is 5.12. The highest BCUT2D eigenvalue weighted by Crippen LogP contribution is 2.24. The van der Waals surface area contributed by atoms with Crippen LogP contribution in [0.5, 0.6) is 0 Å². The molecule has 108 valence electrons. The lowest BCUT2D eigenvalue weighted by Gasteiger charge is -2.24. The summed E-state index contributed by atoms with van der Waals surface area (Å²) in [5, 5.41) is 9.29. The lowest BCUT2D eigenvalue weighted by atomic mass is 10.1. The Labute approximate surface area is 116 Å². The Hall–Kier alpha value is -0.910. The number of hydrogen-bond donors (Lipinski definition) is 1. The Morgan fingerprint density at radius 3 is 2.32 bits per heavy atom. The van der Waals surface area contributed by atoms with E-state index in [1.807, 2.05) is 26.8 Å². The van der Waals surface area contributed by atoms with Gasteiger partial charge in [0, 0.05) is 13.1 Å². The number of benzene rings is 1. The summed E-state index contributed by atoms with van der Waals surface area (Å²) < 4.78 is 26.5. The van der Waals surface area contributed by atoms with Crippen molar-refractivity contribution in [3.05, 3.63) is 28.8 Å². The molecule has 1 atom stereocenters. The van der Waals surface area contributed by atoms with Gasteiger partial charge in [0.15, 0.2) is 0 Å². The highest BCUT2D eigenvalue weighted by Gasteiger charge is 2.26. The fourth-order valence-corrected chi connectivity index (χ4v) is 3.66. The van der Waals surface area contributed by atoms with E-state index in [0.29, 0.717) is 11.1 Å². The molecule has 0 bridgehead atoms. The van der Waals surface area contributed by atoms with Crippen LogP contribution >= 0.6 is 0 Å². The summed E-state index contributed by atoms with van der Waals surface area (Å²) in [5.41, 5.74) is 2.27. The fraction of sp³-hybridized carbons (Fsp3) is 0.571. The van der Waals surface area contributed by atoms with E-state index in [1.165, 1.54) is 4.31 Å². The minimum absolute atomic E-state index is 0.0525. The van der Waals surface area contributed by atoms with Gasteiger partial charge in [0.05, 0.1) is 11.5 Å². The van der Waals surface area contributed by atoms with Crippen molar-refractivity contribution in [1.29, 1.82) is 0 Å². The number of aliphatic hydroxyl groups is 1. The van der Waals surface area contributed by atoms with Gasteiger partial charge in [-0.2, -0.15) is 4.31 Å². The van der Waals surface area contributed by atoms with Crippen molar-refractivity contribution < 1.29 is 13.5 Å². The largest absolute Gasteiger partial charge is 0.392 e. The summed E-state index contributed by atoms with van der Waals surface area (Å²) in [6.45, 7) is 7.34. The third kappa shape index (κ3) is 3.16. The topological polar surface area (TPSA) is 57.6 Å². The van der Waals surface area contributed by atoms with Crippen LogP contribution in [0.4, 0.5) is 0 Å². The van der Waals surface area contributed by atoms with E-state index in [0.717, 1.165) is 12.0 Å². The molecule has 0 aromatic heterocycles. The molecular formula is C14H23NO3S. The molecule has 0 spiro atoms. The van der Waals surface area contributed by atoms with Gasteiger partial charge >= 0.3 is 0 Å². The first-order valence-electron chi connectivity index (χ1n) is 6.44. The summed E-state index contributed by atoms with van der Waals surface area (Å²) >= 11 is 0. The van der Waals surface area contributed by atoms with Crippen molar-refractivity contribution >= 4 is 10.0 Å². The summed E-state index contributed by atoms with van der Waals surface area (Å²) in [6.07, 6.45) is 0.757. The van der Waals surface area contributed by atoms with E-state index in [1.54, 1.807) is 20.0 Å². The summed E-state index contributed by atoms with van der Waals surface area (Å²) in [6, 6.07) is 3.34. The quantitative estimate of drug-likeness (QED) is 0.902. The molecule has 0 fully saturated rings. The maximum absolute atomic E-state index is 12.6. The minimum Gasteiger partial charge on any atom is -0.392 e. The zero-order chi connectivity index (χ0) is 14.8. The molecule has 5 heteroatoms. The Morgan fingerprint density at radius 2 is 1.84 bits per heavy atom. The molecule has 0 amide bonds. The second-order valence-corrected chi connectivity index (χ2v) is 6.95. The lowest BCUT2D eigenvalue weighted by molar-refractivity contribution is 0.280. The van der Waals surface area contributed by atoms with E-state index in [2.05, 4.69) is 0 Å². The van der Waals surface area contributed by atoms with Crippen LogP contribution in [-0.4, -0.2) is 30.9 Å². The van der Waals surface area contributed by atoms with E-state index >= 15 is 0 Å². The second-order valence-electron chi connectivity index (χ2n) is 4.98. The second kappa shape index (κ2) is 6.03. The van der Waals surface area contributed by atoms with E-state index in [-0.39, 0.29) is 17.5 Å². The molecule has 0 saturated heterocycles. The third-order valence-electron chi connectivity index (χ3n) is 3.67. The van der Waals surface area contributed by atoms with Gasteiger partial charge in [-0.3, -0.25) is 0 Å². The molecule has 1 aromatic carbocycles. The average Bonchev–Trinajstić information content (AvgIpc) is 2.36. The fourth-order valence-electron chi connectivity index (χ4n) is 1.97. The van der Waals surface area contributed by atoms with E-state index in [4.69, 9.17) is 0 Å². The highest BCUT2D eigenvalue weighted by molar-refractivity contribution is 7.89. The van der Waals surface area contributed by atoms with Gasteiger partial charge in [-0.25, -0.2) is 8.42 Å².